The molecular weight excluding hydrogens is 379 g/mol. The lowest BCUT2D eigenvalue weighted by Gasteiger charge is -2.07. The van der Waals surface area contributed by atoms with Crippen LogP contribution in [0.5, 0.6) is 0 Å². The van der Waals surface area contributed by atoms with Gasteiger partial charge >= 0.3 is 5.97 Å². The van der Waals surface area contributed by atoms with Crippen molar-refractivity contribution in [2.24, 2.45) is 0 Å². The largest absolute Gasteiger partial charge is 0.462 e. The third-order valence-electron chi connectivity index (χ3n) is 4.33. The molecule has 28 heavy (non-hydrogen) atoms. The molecular formula is C22H15FO4S. The Labute approximate surface area is 163 Å². The lowest BCUT2D eigenvalue weighted by atomic mass is 10.0. The minimum Gasteiger partial charge on any atom is -0.462 e. The number of hydrogen-bond acceptors (Lipinski definition) is 5. The number of thiophene rings is 1. The van der Waals surface area contributed by atoms with Crippen LogP contribution in [0.3, 0.4) is 0 Å². The molecule has 0 aliphatic carbocycles. The summed E-state index contributed by atoms with van der Waals surface area (Å²) in [7, 11) is 0. The highest BCUT2D eigenvalue weighted by molar-refractivity contribution is 7.08. The first-order valence-corrected chi connectivity index (χ1v) is 9.58. The number of carbonyl (C=O) groups is 1. The molecule has 0 aliphatic rings. The van der Waals surface area contributed by atoms with E-state index in [1.807, 2.05) is 16.8 Å². The first kappa shape index (κ1) is 18.1. The van der Waals surface area contributed by atoms with Crippen LogP contribution in [0.2, 0.25) is 0 Å². The Balaban J connectivity index is 1.75. The molecule has 0 bridgehead atoms. The number of benzene rings is 2. The van der Waals surface area contributed by atoms with Gasteiger partial charge in [0.2, 0.25) is 0 Å². The monoisotopic (exact) mass is 394 g/mol. The lowest BCUT2D eigenvalue weighted by molar-refractivity contribution is 0.0521. The average Bonchev–Trinajstić information content (AvgIpc) is 3.22. The zero-order chi connectivity index (χ0) is 19.7. The van der Waals surface area contributed by atoms with E-state index in [4.69, 9.17) is 9.15 Å². The molecule has 4 rings (SSSR count). The fourth-order valence-electron chi connectivity index (χ4n) is 2.95. The van der Waals surface area contributed by atoms with Crippen LogP contribution in [0, 0.1) is 5.82 Å². The molecule has 6 heteroatoms. The summed E-state index contributed by atoms with van der Waals surface area (Å²) in [6, 6.07) is 12.7. The highest BCUT2D eigenvalue weighted by Gasteiger charge is 2.14. The predicted molar refractivity (Wildman–Crippen MR) is 107 cm³/mol. The van der Waals surface area contributed by atoms with Gasteiger partial charge in [0.05, 0.1) is 17.6 Å². The zero-order valence-electron chi connectivity index (χ0n) is 14.9. The summed E-state index contributed by atoms with van der Waals surface area (Å²) in [6.45, 7) is 1.84. The molecule has 0 saturated heterocycles. The smallest absolute Gasteiger partial charge is 0.341 e. The Hall–Kier alpha value is -3.25. The molecule has 140 valence electrons. The highest BCUT2D eigenvalue weighted by atomic mass is 32.1. The number of halogens is 1. The third kappa shape index (κ3) is 3.34. The van der Waals surface area contributed by atoms with Crippen LogP contribution in [0.1, 0.15) is 17.3 Å². The Morgan fingerprint density at radius 1 is 1.07 bits per heavy atom. The summed E-state index contributed by atoms with van der Waals surface area (Å²) in [4.78, 5) is 24.3. The molecule has 0 unspecified atom stereocenters. The molecule has 2 aromatic carbocycles. The summed E-state index contributed by atoms with van der Waals surface area (Å²) in [5.41, 5.74) is 2.22. The lowest BCUT2D eigenvalue weighted by Crippen LogP contribution is -2.07. The number of fused-ring (bicyclic) bond motifs is 1. The van der Waals surface area contributed by atoms with Gasteiger partial charge in [0, 0.05) is 17.0 Å². The van der Waals surface area contributed by atoms with Crippen molar-refractivity contribution >= 4 is 28.3 Å². The summed E-state index contributed by atoms with van der Waals surface area (Å²) in [5, 5.41) is 4.23. The number of hydrogen-bond donors (Lipinski definition) is 0. The van der Waals surface area contributed by atoms with Gasteiger partial charge in [-0.15, -0.1) is 0 Å². The number of ether oxygens (including phenoxy) is 1. The van der Waals surface area contributed by atoms with E-state index in [0.29, 0.717) is 27.9 Å². The van der Waals surface area contributed by atoms with Crippen LogP contribution in [0.25, 0.3) is 33.4 Å². The topological polar surface area (TPSA) is 56.5 Å². The molecule has 4 nitrogen and oxygen atoms in total. The van der Waals surface area contributed by atoms with Gasteiger partial charge in [0.1, 0.15) is 17.2 Å². The highest BCUT2D eigenvalue weighted by Crippen LogP contribution is 2.28. The molecule has 0 spiro atoms. The molecule has 0 fully saturated rings. The van der Waals surface area contributed by atoms with Gasteiger partial charge in [-0.3, -0.25) is 4.79 Å². The standard InChI is InChI=1S/C22H15FO4S/c1-2-26-22(25)16-5-3-14(10-18(16)23)13-4-6-20-17(9-13)19(24)11-21(27-20)15-7-8-28-12-15/h3-12H,2H2,1H3. The maximum atomic E-state index is 14.3. The van der Waals surface area contributed by atoms with Crippen molar-refractivity contribution in [3.05, 3.63) is 80.9 Å². The summed E-state index contributed by atoms with van der Waals surface area (Å²) in [5.74, 6) is -0.862. The third-order valence-corrected chi connectivity index (χ3v) is 5.01. The van der Waals surface area contributed by atoms with Crippen molar-refractivity contribution in [3.63, 3.8) is 0 Å². The van der Waals surface area contributed by atoms with Crippen LogP contribution >= 0.6 is 11.3 Å². The molecule has 0 saturated carbocycles. The second kappa shape index (κ2) is 7.40. The maximum Gasteiger partial charge on any atom is 0.341 e. The Bertz CT molecular complexity index is 1230. The van der Waals surface area contributed by atoms with Crippen molar-refractivity contribution in [1.82, 2.24) is 0 Å². The number of rotatable bonds is 4. The molecule has 0 radical (unpaired) electrons. The van der Waals surface area contributed by atoms with Crippen molar-refractivity contribution < 1.29 is 18.3 Å². The van der Waals surface area contributed by atoms with Crippen LogP contribution in [0.15, 0.2) is 68.5 Å². The molecule has 0 N–H and O–H groups in total. The van der Waals surface area contributed by atoms with E-state index in [-0.39, 0.29) is 17.6 Å². The number of carbonyl (C=O) groups excluding carboxylic acids is 1. The SMILES string of the molecule is CCOC(=O)c1ccc(-c2ccc3oc(-c4ccsc4)cc(=O)c3c2)cc1F. The van der Waals surface area contributed by atoms with Gasteiger partial charge in [0.25, 0.3) is 0 Å². The molecule has 2 heterocycles. The Morgan fingerprint density at radius 2 is 1.86 bits per heavy atom. The first-order chi connectivity index (χ1) is 13.6. The fourth-order valence-corrected chi connectivity index (χ4v) is 3.60. The summed E-state index contributed by atoms with van der Waals surface area (Å²) < 4.78 is 25.0. The van der Waals surface area contributed by atoms with E-state index in [9.17, 15) is 14.0 Å². The van der Waals surface area contributed by atoms with Gasteiger partial charge in [-0.1, -0.05) is 12.1 Å². The molecule has 2 aromatic heterocycles. The summed E-state index contributed by atoms with van der Waals surface area (Å²) >= 11 is 1.52. The van der Waals surface area contributed by atoms with E-state index in [1.54, 1.807) is 31.2 Å². The van der Waals surface area contributed by atoms with Crippen LogP contribution in [-0.2, 0) is 4.74 Å². The number of esters is 1. The van der Waals surface area contributed by atoms with E-state index in [1.165, 1.54) is 29.5 Å². The quantitative estimate of drug-likeness (QED) is 0.429. The molecule has 0 aliphatic heterocycles. The van der Waals surface area contributed by atoms with Gasteiger partial charge < -0.3 is 9.15 Å². The van der Waals surface area contributed by atoms with Gasteiger partial charge in [0.15, 0.2) is 5.43 Å². The van der Waals surface area contributed by atoms with Crippen molar-refractivity contribution in [2.45, 2.75) is 6.92 Å². The van der Waals surface area contributed by atoms with Crippen molar-refractivity contribution in [1.29, 1.82) is 0 Å². The van der Waals surface area contributed by atoms with Crippen LogP contribution in [0.4, 0.5) is 4.39 Å². The molecule has 0 atom stereocenters. The zero-order valence-corrected chi connectivity index (χ0v) is 15.7. The average molecular weight is 394 g/mol. The van der Waals surface area contributed by atoms with Gasteiger partial charge in [-0.2, -0.15) is 11.3 Å². The Kier molecular flexibility index (Phi) is 4.79. The van der Waals surface area contributed by atoms with E-state index in [2.05, 4.69) is 0 Å². The molecule has 4 aromatic rings. The molecule has 0 amide bonds. The normalized spacial score (nSPS) is 10.9. The predicted octanol–water partition coefficient (Wildman–Crippen LogP) is 5.50. The maximum absolute atomic E-state index is 14.3. The first-order valence-electron chi connectivity index (χ1n) is 8.64. The van der Waals surface area contributed by atoms with Gasteiger partial charge in [-0.25, -0.2) is 9.18 Å². The van der Waals surface area contributed by atoms with Crippen molar-refractivity contribution in [2.75, 3.05) is 6.61 Å². The van der Waals surface area contributed by atoms with E-state index in [0.717, 1.165) is 5.56 Å². The summed E-state index contributed by atoms with van der Waals surface area (Å²) in [6.07, 6.45) is 0. The minimum absolute atomic E-state index is 0.119. The fraction of sp³-hybridized carbons (Fsp3) is 0.0909. The second-order valence-electron chi connectivity index (χ2n) is 6.11. The van der Waals surface area contributed by atoms with E-state index >= 15 is 0 Å². The van der Waals surface area contributed by atoms with E-state index < -0.39 is 11.8 Å². The van der Waals surface area contributed by atoms with Crippen LogP contribution < -0.4 is 5.43 Å². The second-order valence-corrected chi connectivity index (χ2v) is 6.89. The Morgan fingerprint density at radius 3 is 2.57 bits per heavy atom. The minimum atomic E-state index is -0.702. The van der Waals surface area contributed by atoms with Crippen LogP contribution in [-0.4, -0.2) is 12.6 Å². The van der Waals surface area contributed by atoms with Crippen molar-refractivity contribution in [3.8, 4) is 22.5 Å². The van der Waals surface area contributed by atoms with Gasteiger partial charge in [-0.05, 0) is 53.8 Å².